The summed E-state index contributed by atoms with van der Waals surface area (Å²) in [6.45, 7) is 0.668. The van der Waals surface area contributed by atoms with Gasteiger partial charge in [0.2, 0.25) is 11.7 Å². The molecule has 70 valence electrons. The molecule has 0 spiro atoms. The lowest BCUT2D eigenvalue weighted by atomic mass is 10.4. The highest BCUT2D eigenvalue weighted by Gasteiger charge is 2.30. The summed E-state index contributed by atoms with van der Waals surface area (Å²) in [5, 5.41) is 3.04. The molecule has 0 bridgehead atoms. The molecule has 0 amide bonds. The highest BCUT2D eigenvalue weighted by Crippen LogP contribution is 2.23. The summed E-state index contributed by atoms with van der Waals surface area (Å²) in [4.78, 5) is 3.35. The molecule has 1 heterocycles. The minimum atomic E-state index is -3.06. The topological polar surface area (TPSA) is 64.9 Å². The minimum Gasteiger partial charge on any atom is -0.338 e. The van der Waals surface area contributed by atoms with Gasteiger partial charge in [0, 0.05) is 6.92 Å². The van der Waals surface area contributed by atoms with Gasteiger partial charge in [0.25, 0.3) is 0 Å². The first-order valence-corrected chi connectivity index (χ1v) is 2.95. The molecule has 0 atom stereocenters. The molecule has 0 unspecified atom stereocenters. The van der Waals surface area contributed by atoms with Crippen molar-refractivity contribution in [1.82, 2.24) is 10.1 Å². The van der Waals surface area contributed by atoms with Crippen LogP contribution in [0, 0.1) is 0 Å². The Kier molecular flexibility index (Phi) is 3.54. The molecule has 0 radical (unpaired) electrons. The average Bonchev–Trinajstić information content (AvgIpc) is 2.32. The van der Waals surface area contributed by atoms with E-state index < -0.39 is 11.7 Å². The van der Waals surface area contributed by atoms with Crippen molar-refractivity contribution in [1.29, 1.82) is 0 Å². The van der Waals surface area contributed by atoms with Gasteiger partial charge in [0.1, 0.15) is 0 Å². The van der Waals surface area contributed by atoms with Gasteiger partial charge in [-0.05, 0) is 0 Å². The highest BCUT2D eigenvalue weighted by molar-refractivity contribution is 5.85. The lowest BCUT2D eigenvalue weighted by Gasteiger charge is -2.00. The van der Waals surface area contributed by atoms with Crippen molar-refractivity contribution < 1.29 is 13.3 Å². The van der Waals surface area contributed by atoms with Crippen molar-refractivity contribution in [3.8, 4) is 0 Å². The third kappa shape index (κ3) is 2.38. The van der Waals surface area contributed by atoms with Crippen LogP contribution in [0.3, 0.4) is 0 Å². The summed E-state index contributed by atoms with van der Waals surface area (Å²) < 4.78 is 29.1. The van der Waals surface area contributed by atoms with Gasteiger partial charge in [-0.1, -0.05) is 5.16 Å². The van der Waals surface area contributed by atoms with Crippen LogP contribution in [0.1, 0.15) is 18.6 Å². The van der Waals surface area contributed by atoms with Crippen molar-refractivity contribution in [3.63, 3.8) is 0 Å². The number of hydrogen-bond donors (Lipinski definition) is 1. The van der Waals surface area contributed by atoms with E-state index in [1.54, 1.807) is 0 Å². The molecule has 0 aliphatic carbocycles. The molecule has 0 aliphatic rings. The van der Waals surface area contributed by atoms with E-state index in [9.17, 15) is 8.78 Å². The SMILES string of the molecule is CC(F)(F)c1noc(CN)n1.Cl. The normalized spacial score (nSPS) is 11.0. The first-order valence-electron chi connectivity index (χ1n) is 2.95. The second-order valence-corrected chi connectivity index (χ2v) is 2.10. The van der Waals surface area contributed by atoms with Crippen molar-refractivity contribution in [2.45, 2.75) is 19.4 Å². The smallest absolute Gasteiger partial charge is 0.307 e. The molecule has 1 aromatic rings. The first kappa shape index (κ1) is 11.2. The molecule has 1 aromatic heterocycles. The summed E-state index contributed by atoms with van der Waals surface area (Å²) in [5.41, 5.74) is 5.07. The number of aromatic nitrogens is 2. The Balaban J connectivity index is 0.00000121. The van der Waals surface area contributed by atoms with Gasteiger partial charge in [0.05, 0.1) is 6.54 Å². The lowest BCUT2D eigenvalue weighted by molar-refractivity contribution is 0.00559. The molecule has 0 aromatic carbocycles. The number of hydrogen-bond acceptors (Lipinski definition) is 4. The molecular weight excluding hydrogens is 192 g/mol. The van der Waals surface area contributed by atoms with Crippen molar-refractivity contribution >= 4 is 12.4 Å². The molecule has 1 rings (SSSR count). The van der Waals surface area contributed by atoms with Gasteiger partial charge in [-0.15, -0.1) is 12.4 Å². The maximum Gasteiger partial charge on any atom is 0.307 e. The first-order chi connectivity index (χ1) is 5.04. The van der Waals surface area contributed by atoms with E-state index in [0.29, 0.717) is 6.92 Å². The summed E-state index contributed by atoms with van der Waals surface area (Å²) in [6, 6.07) is 0. The van der Waals surface area contributed by atoms with Gasteiger partial charge in [0.15, 0.2) is 0 Å². The van der Waals surface area contributed by atoms with Crippen LogP contribution in [-0.4, -0.2) is 10.1 Å². The van der Waals surface area contributed by atoms with Crippen LogP contribution in [0.25, 0.3) is 0 Å². The second kappa shape index (κ2) is 3.77. The third-order valence-corrected chi connectivity index (χ3v) is 1.04. The maximum atomic E-state index is 12.4. The molecule has 4 nitrogen and oxygen atoms in total. The van der Waals surface area contributed by atoms with Crippen LogP contribution in [0.4, 0.5) is 8.78 Å². The van der Waals surface area contributed by atoms with E-state index in [2.05, 4.69) is 14.7 Å². The van der Waals surface area contributed by atoms with Gasteiger partial charge in [-0.25, -0.2) is 0 Å². The monoisotopic (exact) mass is 199 g/mol. The van der Waals surface area contributed by atoms with E-state index in [0.717, 1.165) is 0 Å². The molecule has 7 heteroatoms. The molecule has 0 saturated carbocycles. The van der Waals surface area contributed by atoms with Gasteiger partial charge >= 0.3 is 5.92 Å². The van der Waals surface area contributed by atoms with Crippen LogP contribution in [-0.2, 0) is 12.5 Å². The zero-order chi connectivity index (χ0) is 8.48. The molecule has 2 N–H and O–H groups in total. The third-order valence-electron chi connectivity index (χ3n) is 1.04. The summed E-state index contributed by atoms with van der Waals surface area (Å²) >= 11 is 0. The predicted octanol–water partition coefficient (Wildman–Crippen LogP) is 1.06. The van der Waals surface area contributed by atoms with Crippen LogP contribution < -0.4 is 5.73 Å². The fourth-order valence-corrected chi connectivity index (χ4v) is 0.516. The van der Waals surface area contributed by atoms with Crippen molar-refractivity contribution in [2.24, 2.45) is 5.73 Å². The van der Waals surface area contributed by atoms with E-state index >= 15 is 0 Å². The number of alkyl halides is 2. The Hall–Kier alpha value is -0.750. The molecule has 0 aliphatic heterocycles. The molecule has 0 saturated heterocycles. The van der Waals surface area contributed by atoms with Crippen LogP contribution in [0.15, 0.2) is 4.52 Å². The Morgan fingerprint density at radius 3 is 2.42 bits per heavy atom. The van der Waals surface area contributed by atoms with Gasteiger partial charge < -0.3 is 10.3 Å². The zero-order valence-electron chi connectivity index (χ0n) is 6.25. The van der Waals surface area contributed by atoms with E-state index in [-0.39, 0.29) is 24.8 Å². The number of nitrogens with two attached hydrogens (primary N) is 1. The standard InChI is InChI=1S/C5H7F2N3O.ClH/c1-5(6,7)4-9-3(2-8)11-10-4;/h2,8H2,1H3;1H. The quantitative estimate of drug-likeness (QED) is 0.774. The zero-order valence-corrected chi connectivity index (χ0v) is 7.07. The molecule has 12 heavy (non-hydrogen) atoms. The van der Waals surface area contributed by atoms with E-state index in [4.69, 9.17) is 5.73 Å². The lowest BCUT2D eigenvalue weighted by Crippen LogP contribution is -2.09. The van der Waals surface area contributed by atoms with Crippen LogP contribution in [0.2, 0.25) is 0 Å². The second-order valence-electron chi connectivity index (χ2n) is 2.10. The number of rotatable bonds is 2. The number of nitrogens with zero attached hydrogens (tertiary/aromatic N) is 2. The summed E-state index contributed by atoms with van der Waals surface area (Å²) in [6.07, 6.45) is 0. The van der Waals surface area contributed by atoms with Crippen LogP contribution >= 0.6 is 12.4 Å². The Morgan fingerprint density at radius 1 is 1.58 bits per heavy atom. The largest absolute Gasteiger partial charge is 0.338 e. The van der Waals surface area contributed by atoms with Crippen LogP contribution in [0.5, 0.6) is 0 Å². The fourth-order valence-electron chi connectivity index (χ4n) is 0.516. The Morgan fingerprint density at radius 2 is 2.17 bits per heavy atom. The van der Waals surface area contributed by atoms with E-state index in [1.165, 1.54) is 0 Å². The van der Waals surface area contributed by atoms with Gasteiger partial charge in [-0.2, -0.15) is 13.8 Å². The summed E-state index contributed by atoms with van der Waals surface area (Å²) in [7, 11) is 0. The van der Waals surface area contributed by atoms with Gasteiger partial charge in [-0.3, -0.25) is 0 Å². The minimum absolute atomic E-state index is 0. The molecule has 0 fully saturated rings. The van der Waals surface area contributed by atoms with Crippen molar-refractivity contribution in [3.05, 3.63) is 11.7 Å². The fraction of sp³-hybridized carbons (Fsp3) is 0.600. The maximum absolute atomic E-state index is 12.4. The highest BCUT2D eigenvalue weighted by atomic mass is 35.5. The molecular formula is C5H8ClF2N3O. The summed E-state index contributed by atoms with van der Waals surface area (Å²) in [5.74, 6) is -3.67. The van der Waals surface area contributed by atoms with Crippen molar-refractivity contribution in [2.75, 3.05) is 0 Å². The Labute approximate surface area is 73.5 Å². The number of halogens is 3. The average molecular weight is 200 g/mol. The predicted molar refractivity (Wildman–Crippen MR) is 39.0 cm³/mol. The Bertz CT molecular complexity index is 247. The van der Waals surface area contributed by atoms with E-state index in [1.807, 2.05) is 0 Å².